The number of ether oxygens (including phenoxy) is 1. The molecule has 1 aromatic heterocycles. The molecule has 2 aromatic carbocycles. The Hall–Kier alpha value is -3.26. The van der Waals surface area contributed by atoms with Crippen LogP contribution in [0.1, 0.15) is 81.1 Å². The zero-order valence-corrected chi connectivity index (χ0v) is 22.1. The van der Waals surface area contributed by atoms with Gasteiger partial charge in [0.2, 0.25) is 15.9 Å². The molecule has 1 amide bonds. The summed E-state index contributed by atoms with van der Waals surface area (Å²) in [7, 11) is -3.66. The lowest BCUT2D eigenvalue weighted by Gasteiger charge is -2.09. The molecule has 0 aliphatic carbocycles. The van der Waals surface area contributed by atoms with Gasteiger partial charge in [-0.1, -0.05) is 77.1 Å². The summed E-state index contributed by atoms with van der Waals surface area (Å²) in [6.07, 6.45) is 5.83. The second-order valence-electron chi connectivity index (χ2n) is 9.18. The van der Waals surface area contributed by atoms with Crippen molar-refractivity contribution in [3.63, 3.8) is 0 Å². The largest absolute Gasteiger partial charge is 0.438 e. The molecule has 3 aromatic rings. The van der Waals surface area contributed by atoms with Crippen LogP contribution in [-0.2, 0) is 10.0 Å². The van der Waals surface area contributed by atoms with Gasteiger partial charge < -0.3 is 4.74 Å². The van der Waals surface area contributed by atoms with Crippen LogP contribution in [0, 0.1) is 0 Å². The standard InChI is InChI=1S/C28H35N3O4S/c1-4-5-6-7-8-9-20-36(33,34)31-28(32)24-12-10-23(11-13-24)26-18-19-27(30-29-26)35-25-16-14-22(15-17-25)21(2)3/h10-19,21H,4-9,20H2,1-3H3,(H,31,32). The third-order valence-electron chi connectivity index (χ3n) is 5.87. The maximum Gasteiger partial charge on any atom is 0.264 e. The number of carbonyl (C=O) groups is 1. The van der Waals surface area contributed by atoms with Crippen molar-refractivity contribution in [2.24, 2.45) is 0 Å². The van der Waals surface area contributed by atoms with Gasteiger partial charge >= 0.3 is 0 Å². The minimum atomic E-state index is -3.66. The Morgan fingerprint density at radius 3 is 2.14 bits per heavy atom. The first-order valence-corrected chi connectivity index (χ1v) is 14.2. The minimum Gasteiger partial charge on any atom is -0.438 e. The first-order valence-electron chi connectivity index (χ1n) is 12.5. The van der Waals surface area contributed by atoms with Crippen LogP contribution in [0.2, 0.25) is 0 Å². The van der Waals surface area contributed by atoms with Gasteiger partial charge in [-0.25, -0.2) is 13.1 Å². The van der Waals surface area contributed by atoms with Gasteiger partial charge in [-0.2, -0.15) is 0 Å². The molecule has 0 spiro atoms. The fourth-order valence-corrected chi connectivity index (χ4v) is 4.77. The molecule has 7 nitrogen and oxygen atoms in total. The van der Waals surface area contributed by atoms with Gasteiger partial charge in [-0.05, 0) is 48.2 Å². The van der Waals surface area contributed by atoms with E-state index in [-0.39, 0.29) is 11.3 Å². The molecule has 36 heavy (non-hydrogen) atoms. The fourth-order valence-electron chi connectivity index (χ4n) is 3.69. The van der Waals surface area contributed by atoms with Gasteiger partial charge in [0.05, 0.1) is 11.4 Å². The quantitative estimate of drug-likeness (QED) is 0.265. The van der Waals surface area contributed by atoms with Crippen LogP contribution in [0.5, 0.6) is 11.6 Å². The Morgan fingerprint density at radius 2 is 1.53 bits per heavy atom. The summed E-state index contributed by atoms with van der Waals surface area (Å²) >= 11 is 0. The smallest absolute Gasteiger partial charge is 0.264 e. The Bertz CT molecular complexity index is 1210. The van der Waals surface area contributed by atoms with E-state index in [0.717, 1.165) is 37.7 Å². The summed E-state index contributed by atoms with van der Waals surface area (Å²) in [5, 5.41) is 8.35. The third-order valence-corrected chi connectivity index (χ3v) is 7.19. The van der Waals surface area contributed by atoms with Crippen molar-refractivity contribution in [1.29, 1.82) is 0 Å². The van der Waals surface area contributed by atoms with E-state index < -0.39 is 15.9 Å². The summed E-state index contributed by atoms with van der Waals surface area (Å²) in [5.74, 6) is 0.830. The monoisotopic (exact) mass is 509 g/mol. The van der Waals surface area contributed by atoms with Gasteiger partial charge in [-0.3, -0.25) is 4.79 Å². The molecule has 8 heteroatoms. The number of aromatic nitrogens is 2. The van der Waals surface area contributed by atoms with Crippen LogP contribution in [0.4, 0.5) is 0 Å². The Labute approximate surface area is 214 Å². The first-order chi connectivity index (χ1) is 17.3. The number of sulfonamides is 1. The molecule has 0 radical (unpaired) electrons. The molecule has 0 aliphatic rings. The normalized spacial score (nSPS) is 11.4. The summed E-state index contributed by atoms with van der Waals surface area (Å²) in [4.78, 5) is 12.4. The Kier molecular flexibility index (Phi) is 9.99. The van der Waals surface area contributed by atoms with Crippen molar-refractivity contribution in [2.75, 3.05) is 5.75 Å². The number of amides is 1. The highest BCUT2D eigenvalue weighted by Gasteiger charge is 2.16. The summed E-state index contributed by atoms with van der Waals surface area (Å²) in [6.45, 7) is 6.41. The second kappa shape index (κ2) is 13.2. The van der Waals surface area contributed by atoms with Gasteiger partial charge in [0.25, 0.3) is 5.91 Å². The Balaban J connectivity index is 1.53. The molecule has 192 valence electrons. The molecule has 0 atom stereocenters. The lowest BCUT2D eigenvalue weighted by Crippen LogP contribution is -2.32. The van der Waals surface area contributed by atoms with Crippen molar-refractivity contribution in [3.05, 3.63) is 71.8 Å². The summed E-state index contributed by atoms with van der Waals surface area (Å²) in [6, 6.07) is 18.0. The molecule has 0 saturated heterocycles. The Morgan fingerprint density at radius 1 is 0.861 bits per heavy atom. The molecule has 0 saturated carbocycles. The number of benzene rings is 2. The minimum absolute atomic E-state index is 0.0468. The van der Waals surface area contributed by atoms with Crippen molar-refractivity contribution in [2.45, 2.75) is 65.2 Å². The average Bonchev–Trinajstić information content (AvgIpc) is 2.87. The van der Waals surface area contributed by atoms with E-state index >= 15 is 0 Å². The predicted octanol–water partition coefficient (Wildman–Crippen LogP) is 6.48. The van der Waals surface area contributed by atoms with Crippen LogP contribution in [-0.4, -0.2) is 30.3 Å². The van der Waals surface area contributed by atoms with E-state index in [1.54, 1.807) is 36.4 Å². The number of hydrogen-bond donors (Lipinski definition) is 1. The molecule has 0 fully saturated rings. The predicted molar refractivity (Wildman–Crippen MR) is 143 cm³/mol. The highest BCUT2D eigenvalue weighted by molar-refractivity contribution is 7.90. The number of carbonyl (C=O) groups excluding carboxylic acids is 1. The zero-order valence-electron chi connectivity index (χ0n) is 21.2. The van der Waals surface area contributed by atoms with E-state index in [9.17, 15) is 13.2 Å². The maximum absolute atomic E-state index is 12.4. The van der Waals surface area contributed by atoms with Gasteiger partial charge in [0, 0.05) is 17.2 Å². The van der Waals surface area contributed by atoms with E-state index in [1.165, 1.54) is 5.56 Å². The number of unbranched alkanes of at least 4 members (excludes halogenated alkanes) is 5. The highest BCUT2D eigenvalue weighted by atomic mass is 32.2. The topological polar surface area (TPSA) is 98.2 Å². The summed E-state index contributed by atoms with van der Waals surface area (Å²) in [5.41, 5.74) is 2.86. The van der Waals surface area contributed by atoms with Gasteiger partial charge in [0.15, 0.2) is 0 Å². The number of nitrogens with one attached hydrogen (secondary N) is 1. The van der Waals surface area contributed by atoms with E-state index in [2.05, 4.69) is 35.7 Å². The lowest BCUT2D eigenvalue weighted by molar-refractivity contribution is 0.0981. The number of hydrogen-bond acceptors (Lipinski definition) is 6. The molecule has 0 aliphatic heterocycles. The van der Waals surface area contributed by atoms with Crippen molar-refractivity contribution < 1.29 is 17.9 Å². The molecule has 0 bridgehead atoms. The van der Waals surface area contributed by atoms with E-state index in [0.29, 0.717) is 29.7 Å². The molecule has 3 rings (SSSR count). The summed E-state index contributed by atoms with van der Waals surface area (Å²) < 4.78 is 32.4. The van der Waals surface area contributed by atoms with E-state index in [4.69, 9.17) is 4.74 Å². The van der Waals surface area contributed by atoms with Crippen LogP contribution in [0.3, 0.4) is 0 Å². The van der Waals surface area contributed by atoms with Gasteiger partial charge in [-0.15, -0.1) is 10.2 Å². The number of nitrogens with zero attached hydrogens (tertiary/aromatic N) is 2. The first kappa shape index (κ1) is 27.3. The van der Waals surface area contributed by atoms with Crippen LogP contribution < -0.4 is 9.46 Å². The molecule has 1 N–H and O–H groups in total. The highest BCUT2D eigenvalue weighted by Crippen LogP contribution is 2.24. The SMILES string of the molecule is CCCCCCCCS(=O)(=O)NC(=O)c1ccc(-c2ccc(Oc3ccc(C(C)C)cc3)nn2)cc1. The van der Waals surface area contributed by atoms with Crippen LogP contribution in [0.25, 0.3) is 11.3 Å². The molecule has 0 unspecified atom stereocenters. The van der Waals surface area contributed by atoms with Crippen LogP contribution >= 0.6 is 0 Å². The van der Waals surface area contributed by atoms with E-state index in [1.807, 2.05) is 24.3 Å². The number of rotatable bonds is 13. The molecular weight excluding hydrogens is 474 g/mol. The fraction of sp³-hybridized carbons (Fsp3) is 0.393. The molecule has 1 heterocycles. The van der Waals surface area contributed by atoms with Crippen molar-refractivity contribution in [1.82, 2.24) is 14.9 Å². The average molecular weight is 510 g/mol. The van der Waals surface area contributed by atoms with Crippen LogP contribution in [0.15, 0.2) is 60.7 Å². The van der Waals surface area contributed by atoms with Crippen molar-refractivity contribution >= 4 is 15.9 Å². The lowest BCUT2D eigenvalue weighted by atomic mass is 10.0. The zero-order chi connectivity index (χ0) is 26.0. The third kappa shape index (κ3) is 8.45. The van der Waals surface area contributed by atoms with Gasteiger partial charge in [0.1, 0.15) is 5.75 Å². The second-order valence-corrected chi connectivity index (χ2v) is 11.0. The van der Waals surface area contributed by atoms with Crippen molar-refractivity contribution in [3.8, 4) is 22.9 Å². The maximum atomic E-state index is 12.4. The molecular formula is C28H35N3O4S.